The number of carbonyl (C=O) groups excluding carboxylic acids is 2. The van der Waals surface area contributed by atoms with Gasteiger partial charge in [-0.15, -0.1) is 0 Å². The van der Waals surface area contributed by atoms with E-state index in [-0.39, 0.29) is 47.8 Å². The Morgan fingerprint density at radius 2 is 1.89 bits per heavy atom. The summed E-state index contributed by atoms with van der Waals surface area (Å²) in [7, 11) is 0. The number of carbonyl (C=O) groups is 2. The molecule has 0 spiro atoms. The predicted molar refractivity (Wildman–Crippen MR) is 127 cm³/mol. The van der Waals surface area contributed by atoms with Crippen LogP contribution in [-0.4, -0.2) is 69.8 Å². The molecule has 3 saturated heterocycles. The number of rotatable bonds is 6. The first-order valence-corrected chi connectivity index (χ1v) is 13.3. The topological polar surface area (TPSA) is 93.7 Å². The van der Waals surface area contributed by atoms with Crippen molar-refractivity contribution in [2.75, 3.05) is 13.1 Å². The van der Waals surface area contributed by atoms with Gasteiger partial charge in [0.1, 0.15) is 11.9 Å². The molecule has 2 aliphatic carbocycles. The summed E-state index contributed by atoms with van der Waals surface area (Å²) >= 11 is 0. The van der Waals surface area contributed by atoms with Crippen LogP contribution in [0.5, 0.6) is 0 Å². The zero-order chi connectivity index (χ0) is 24.3. The molecule has 0 aromatic heterocycles. The van der Waals surface area contributed by atoms with Gasteiger partial charge in [0.2, 0.25) is 11.8 Å². The Morgan fingerprint density at radius 3 is 2.57 bits per heavy atom. The van der Waals surface area contributed by atoms with Gasteiger partial charge in [0.15, 0.2) is 0 Å². The minimum Gasteiger partial charge on any atom is -0.330 e. The first-order chi connectivity index (χ1) is 17.0. The van der Waals surface area contributed by atoms with E-state index < -0.39 is 6.04 Å². The molecule has 186 valence electrons. The monoisotopic (exact) mass is 479 g/mol. The zero-order valence-corrected chi connectivity index (χ0v) is 20.1. The Morgan fingerprint density at radius 1 is 1.14 bits per heavy atom. The van der Waals surface area contributed by atoms with Crippen LogP contribution in [0, 0.1) is 29.0 Å². The summed E-state index contributed by atoms with van der Waals surface area (Å²) in [6, 6.07) is 7.82. The number of likely N-dealkylation sites (tertiary alicyclic amines) is 3. The molecular weight excluding hydrogens is 445 g/mol. The molecule has 7 atom stereocenters. The SMILES string of the molecule is N#C[C@@H]1C[C@@H]2C[C@@H]2N1C(=O)[C@@H](N)CN1CC2C[C@@H]1C(=O)N2[C@H](c1ccc(F)cc1)C1CCCCC1. The average Bonchev–Trinajstić information content (AvgIpc) is 3.19. The summed E-state index contributed by atoms with van der Waals surface area (Å²) in [5.41, 5.74) is 7.39. The van der Waals surface area contributed by atoms with Crippen molar-refractivity contribution in [1.82, 2.24) is 14.7 Å². The molecule has 2 saturated carbocycles. The highest BCUT2D eigenvalue weighted by Crippen LogP contribution is 2.48. The van der Waals surface area contributed by atoms with E-state index in [1.807, 2.05) is 12.1 Å². The highest BCUT2D eigenvalue weighted by atomic mass is 19.1. The van der Waals surface area contributed by atoms with Gasteiger partial charge < -0.3 is 15.5 Å². The van der Waals surface area contributed by atoms with Crippen LogP contribution in [0.25, 0.3) is 0 Å². The number of fused-ring (bicyclic) bond motifs is 3. The van der Waals surface area contributed by atoms with Crippen LogP contribution < -0.4 is 5.73 Å². The normalized spacial score (nSPS) is 34.1. The van der Waals surface area contributed by atoms with Crippen molar-refractivity contribution in [1.29, 1.82) is 5.26 Å². The lowest BCUT2D eigenvalue weighted by molar-refractivity contribution is -0.143. The average molecular weight is 480 g/mol. The number of piperazine rings is 1. The lowest BCUT2D eigenvalue weighted by Gasteiger charge is -2.43. The first-order valence-electron chi connectivity index (χ1n) is 13.3. The molecule has 7 nitrogen and oxygen atoms in total. The second-order valence-corrected chi connectivity index (χ2v) is 11.3. The van der Waals surface area contributed by atoms with E-state index in [0.717, 1.165) is 37.7 Å². The van der Waals surface area contributed by atoms with Gasteiger partial charge in [-0.3, -0.25) is 14.5 Å². The number of hydrogen-bond donors (Lipinski definition) is 1. The molecule has 5 aliphatic rings. The smallest absolute Gasteiger partial charge is 0.242 e. The van der Waals surface area contributed by atoms with Gasteiger partial charge in [0.25, 0.3) is 0 Å². The van der Waals surface area contributed by atoms with E-state index >= 15 is 0 Å². The third kappa shape index (κ3) is 3.93. The van der Waals surface area contributed by atoms with Gasteiger partial charge in [-0.1, -0.05) is 31.4 Å². The van der Waals surface area contributed by atoms with E-state index in [1.165, 1.54) is 31.4 Å². The molecule has 2 amide bonds. The van der Waals surface area contributed by atoms with E-state index in [9.17, 15) is 19.2 Å². The number of hydrogen-bond acceptors (Lipinski definition) is 5. The number of amides is 2. The Balaban J connectivity index is 1.16. The standard InChI is InChI=1S/C27H34FN5O2/c28-19-8-6-17(7-9-19)25(16-4-2-1-3-5-16)33-21-12-24(27(33)35)31(14-21)15-22(30)26(34)32-20(13-29)10-18-11-23(18)32/h6-9,16,18,20-25H,1-5,10-12,14-15,30H2/t18-,20+,21?,22+,23+,24-,25+/m1/s1. The van der Waals surface area contributed by atoms with Crippen LogP contribution in [0.4, 0.5) is 4.39 Å². The molecule has 2 N–H and O–H groups in total. The number of nitriles is 1. The summed E-state index contributed by atoms with van der Waals surface area (Å²) in [5, 5.41) is 9.44. The first kappa shape index (κ1) is 22.9. The highest BCUT2D eigenvalue weighted by Gasteiger charge is 2.56. The number of nitrogens with zero attached hydrogens (tertiary/aromatic N) is 4. The Labute approximate surface area is 206 Å². The van der Waals surface area contributed by atoms with Crippen LogP contribution in [0.1, 0.15) is 63.0 Å². The van der Waals surface area contributed by atoms with E-state index in [4.69, 9.17) is 5.73 Å². The Bertz CT molecular complexity index is 1040. The van der Waals surface area contributed by atoms with Crippen molar-refractivity contribution in [3.05, 3.63) is 35.6 Å². The maximum absolute atomic E-state index is 13.7. The Hall–Kier alpha value is -2.50. The fourth-order valence-electron chi connectivity index (χ4n) is 7.44. The van der Waals surface area contributed by atoms with Gasteiger partial charge in [0, 0.05) is 25.2 Å². The van der Waals surface area contributed by atoms with Gasteiger partial charge in [-0.25, -0.2) is 4.39 Å². The van der Waals surface area contributed by atoms with Crippen LogP contribution >= 0.6 is 0 Å². The fraction of sp³-hybridized carbons (Fsp3) is 0.667. The summed E-state index contributed by atoms with van der Waals surface area (Å²) in [4.78, 5) is 32.7. The lowest BCUT2D eigenvalue weighted by atomic mass is 9.80. The summed E-state index contributed by atoms with van der Waals surface area (Å²) in [6.45, 7) is 1.05. The largest absolute Gasteiger partial charge is 0.330 e. The van der Waals surface area contributed by atoms with Crippen molar-refractivity contribution in [2.45, 2.75) is 87.6 Å². The van der Waals surface area contributed by atoms with Crippen molar-refractivity contribution >= 4 is 11.8 Å². The van der Waals surface area contributed by atoms with E-state index in [0.29, 0.717) is 24.9 Å². The van der Waals surface area contributed by atoms with Crippen LogP contribution in [0.2, 0.25) is 0 Å². The van der Waals surface area contributed by atoms with Gasteiger partial charge in [-0.05, 0) is 61.6 Å². The summed E-state index contributed by atoms with van der Waals surface area (Å²) < 4.78 is 13.7. The second-order valence-electron chi connectivity index (χ2n) is 11.3. The fourth-order valence-corrected chi connectivity index (χ4v) is 7.44. The molecule has 6 rings (SSSR count). The van der Waals surface area contributed by atoms with Gasteiger partial charge in [0.05, 0.1) is 24.2 Å². The summed E-state index contributed by atoms with van der Waals surface area (Å²) in [6.07, 6.45) is 8.23. The number of halogens is 1. The minimum atomic E-state index is -0.725. The molecule has 2 bridgehead atoms. The van der Waals surface area contributed by atoms with Crippen molar-refractivity contribution in [3.63, 3.8) is 0 Å². The van der Waals surface area contributed by atoms with Crippen molar-refractivity contribution in [2.24, 2.45) is 17.6 Å². The quantitative estimate of drug-likeness (QED) is 0.677. The van der Waals surface area contributed by atoms with Crippen molar-refractivity contribution < 1.29 is 14.0 Å². The molecule has 1 unspecified atom stereocenters. The third-order valence-electron chi connectivity index (χ3n) is 9.18. The zero-order valence-electron chi connectivity index (χ0n) is 20.1. The maximum atomic E-state index is 13.7. The lowest BCUT2D eigenvalue weighted by Crippen LogP contribution is -2.57. The summed E-state index contributed by atoms with van der Waals surface area (Å²) in [5.74, 6) is 0.542. The molecule has 3 aliphatic heterocycles. The molecule has 1 aromatic carbocycles. The third-order valence-corrected chi connectivity index (χ3v) is 9.18. The van der Waals surface area contributed by atoms with Crippen LogP contribution in [0.3, 0.4) is 0 Å². The van der Waals surface area contributed by atoms with Crippen LogP contribution in [-0.2, 0) is 9.59 Å². The number of piperidine rings is 1. The molecule has 35 heavy (non-hydrogen) atoms. The Kier molecular flexibility index (Phi) is 5.81. The molecule has 1 aromatic rings. The van der Waals surface area contributed by atoms with E-state index in [2.05, 4.69) is 15.9 Å². The van der Waals surface area contributed by atoms with Crippen LogP contribution in [0.15, 0.2) is 24.3 Å². The highest BCUT2D eigenvalue weighted by molar-refractivity contribution is 5.87. The number of nitrogens with two attached hydrogens (primary N) is 1. The molecule has 0 radical (unpaired) electrons. The maximum Gasteiger partial charge on any atom is 0.242 e. The van der Waals surface area contributed by atoms with Gasteiger partial charge in [-0.2, -0.15) is 5.26 Å². The van der Waals surface area contributed by atoms with E-state index in [1.54, 1.807) is 4.90 Å². The molecular formula is C27H34FN5O2. The van der Waals surface area contributed by atoms with Crippen molar-refractivity contribution in [3.8, 4) is 6.07 Å². The minimum absolute atomic E-state index is 0.0244. The van der Waals surface area contributed by atoms with Gasteiger partial charge >= 0.3 is 0 Å². The second kappa shape index (κ2) is 8.86. The predicted octanol–water partition coefficient (Wildman–Crippen LogP) is 2.57. The molecule has 3 heterocycles. The number of benzene rings is 1. The molecule has 5 fully saturated rings. The molecule has 8 heteroatoms.